The first-order chi connectivity index (χ1) is 7.88. The Morgan fingerprint density at radius 2 is 1.06 bits per heavy atom. The molecule has 0 aromatic rings. The van der Waals surface area contributed by atoms with Crippen LogP contribution >= 0.6 is 0 Å². The summed E-state index contributed by atoms with van der Waals surface area (Å²) in [5.74, 6) is 2.14. The third-order valence-electron chi connectivity index (χ3n) is 3.89. The molecule has 0 N–H and O–H groups in total. The Labute approximate surface area is 104 Å². The number of rotatable bonds is 4. The summed E-state index contributed by atoms with van der Waals surface area (Å²) in [6.07, 6.45) is 14.8. The molecule has 1 aliphatic carbocycles. The fraction of sp³-hybridized carbons (Fsp3) is 1.00. The van der Waals surface area contributed by atoms with E-state index in [1.807, 2.05) is 13.8 Å². The van der Waals surface area contributed by atoms with Crippen molar-refractivity contribution in [3.63, 3.8) is 0 Å². The molecule has 0 bridgehead atoms. The van der Waals surface area contributed by atoms with E-state index in [-0.39, 0.29) is 0 Å². The molecule has 0 saturated heterocycles. The van der Waals surface area contributed by atoms with Gasteiger partial charge in [-0.3, -0.25) is 0 Å². The van der Waals surface area contributed by atoms with E-state index >= 15 is 0 Å². The van der Waals surface area contributed by atoms with Gasteiger partial charge >= 0.3 is 0 Å². The first kappa shape index (κ1) is 16.0. The van der Waals surface area contributed by atoms with Gasteiger partial charge in [0.25, 0.3) is 0 Å². The van der Waals surface area contributed by atoms with Crippen molar-refractivity contribution in [3.8, 4) is 0 Å². The fourth-order valence-electron chi connectivity index (χ4n) is 3.14. The minimum absolute atomic E-state index is 1.07. The van der Waals surface area contributed by atoms with Gasteiger partial charge in [0.1, 0.15) is 0 Å². The zero-order valence-electron chi connectivity index (χ0n) is 12.2. The molecule has 0 aliphatic heterocycles. The Kier molecular flexibility index (Phi) is 11.5. The van der Waals surface area contributed by atoms with Crippen LogP contribution in [0.2, 0.25) is 0 Å². The molecule has 0 radical (unpaired) electrons. The van der Waals surface area contributed by atoms with Gasteiger partial charge < -0.3 is 0 Å². The molecular formula is C16H34. The maximum atomic E-state index is 2.35. The van der Waals surface area contributed by atoms with Gasteiger partial charge in [0.05, 0.1) is 0 Å². The smallest absolute Gasteiger partial charge is 0.0386 e. The predicted molar refractivity (Wildman–Crippen MR) is 75.8 cm³/mol. The molecule has 1 rings (SSSR count). The molecule has 0 heteroatoms. The monoisotopic (exact) mass is 226 g/mol. The van der Waals surface area contributed by atoms with E-state index in [0.717, 1.165) is 11.8 Å². The topological polar surface area (TPSA) is 0 Å². The second-order valence-electron chi connectivity index (χ2n) is 5.09. The normalized spacial score (nSPS) is 26.2. The van der Waals surface area contributed by atoms with Crippen LogP contribution < -0.4 is 0 Å². The van der Waals surface area contributed by atoms with E-state index < -0.39 is 0 Å². The van der Waals surface area contributed by atoms with Gasteiger partial charge in [-0.05, 0) is 11.8 Å². The third kappa shape index (κ3) is 6.55. The zero-order valence-corrected chi connectivity index (χ0v) is 12.2. The van der Waals surface area contributed by atoms with Crippen molar-refractivity contribution in [1.29, 1.82) is 0 Å². The Hall–Kier alpha value is 0. The highest BCUT2D eigenvalue weighted by Crippen LogP contribution is 2.33. The molecule has 1 fully saturated rings. The molecule has 0 spiro atoms. The molecule has 0 nitrogen and oxygen atoms in total. The van der Waals surface area contributed by atoms with Crippen molar-refractivity contribution in [1.82, 2.24) is 0 Å². The van der Waals surface area contributed by atoms with Gasteiger partial charge in [0.15, 0.2) is 0 Å². The lowest BCUT2D eigenvalue weighted by molar-refractivity contribution is 0.231. The SMILES string of the molecule is CC.CCCC1CCCCCCC1CCC. The molecule has 0 aromatic heterocycles. The maximum Gasteiger partial charge on any atom is -0.0386 e. The van der Waals surface area contributed by atoms with Gasteiger partial charge in [-0.2, -0.15) is 0 Å². The summed E-state index contributed by atoms with van der Waals surface area (Å²) in [6.45, 7) is 8.70. The highest BCUT2D eigenvalue weighted by atomic mass is 14.3. The van der Waals surface area contributed by atoms with Gasteiger partial charge in [-0.15, -0.1) is 0 Å². The van der Waals surface area contributed by atoms with Gasteiger partial charge in [-0.25, -0.2) is 0 Å². The minimum Gasteiger partial charge on any atom is -0.0683 e. The van der Waals surface area contributed by atoms with Gasteiger partial charge in [-0.1, -0.05) is 91.9 Å². The molecule has 2 unspecified atom stereocenters. The lowest BCUT2D eigenvalue weighted by Crippen LogP contribution is -2.16. The van der Waals surface area contributed by atoms with E-state index in [0.29, 0.717) is 0 Å². The molecular weight excluding hydrogens is 192 g/mol. The molecule has 0 amide bonds. The Morgan fingerprint density at radius 3 is 1.38 bits per heavy atom. The Bertz CT molecular complexity index is 112. The Morgan fingerprint density at radius 1 is 0.688 bits per heavy atom. The lowest BCUT2D eigenvalue weighted by Gasteiger charge is -2.29. The standard InChI is InChI=1S/C14H28.C2H6/c1-3-9-13-11-7-5-6-8-12-14(13)10-4-2;1-2/h13-14H,3-12H2,1-2H3;1-2H3. The van der Waals surface area contributed by atoms with Crippen LogP contribution in [-0.4, -0.2) is 0 Å². The van der Waals surface area contributed by atoms with Gasteiger partial charge in [0, 0.05) is 0 Å². The summed E-state index contributed by atoms with van der Waals surface area (Å²) >= 11 is 0. The van der Waals surface area contributed by atoms with Crippen molar-refractivity contribution < 1.29 is 0 Å². The quantitative estimate of drug-likeness (QED) is 0.535. The second kappa shape index (κ2) is 11.5. The Balaban J connectivity index is 0.00000106. The molecule has 0 heterocycles. The maximum absolute atomic E-state index is 2.35. The van der Waals surface area contributed by atoms with Crippen LogP contribution in [0.4, 0.5) is 0 Å². The number of hydrogen-bond donors (Lipinski definition) is 0. The van der Waals surface area contributed by atoms with Crippen LogP contribution in [-0.2, 0) is 0 Å². The van der Waals surface area contributed by atoms with Crippen molar-refractivity contribution in [3.05, 3.63) is 0 Å². The summed E-state index contributed by atoms with van der Waals surface area (Å²) < 4.78 is 0. The second-order valence-corrected chi connectivity index (χ2v) is 5.09. The van der Waals surface area contributed by atoms with E-state index in [9.17, 15) is 0 Å². The molecule has 98 valence electrons. The molecule has 1 saturated carbocycles. The van der Waals surface area contributed by atoms with Crippen LogP contribution in [0.15, 0.2) is 0 Å². The first-order valence-corrected chi connectivity index (χ1v) is 7.88. The molecule has 2 atom stereocenters. The fourth-order valence-corrected chi connectivity index (χ4v) is 3.14. The average molecular weight is 226 g/mol. The van der Waals surface area contributed by atoms with E-state index in [1.54, 1.807) is 0 Å². The van der Waals surface area contributed by atoms with Gasteiger partial charge in [0.2, 0.25) is 0 Å². The van der Waals surface area contributed by atoms with E-state index in [4.69, 9.17) is 0 Å². The van der Waals surface area contributed by atoms with E-state index in [2.05, 4.69) is 13.8 Å². The van der Waals surface area contributed by atoms with Crippen LogP contribution in [0.1, 0.15) is 91.9 Å². The summed E-state index contributed by atoms with van der Waals surface area (Å²) in [7, 11) is 0. The first-order valence-electron chi connectivity index (χ1n) is 7.88. The molecule has 16 heavy (non-hydrogen) atoms. The van der Waals surface area contributed by atoms with Crippen molar-refractivity contribution >= 4 is 0 Å². The summed E-state index contributed by atoms with van der Waals surface area (Å²) in [5.41, 5.74) is 0. The molecule has 0 aromatic carbocycles. The van der Waals surface area contributed by atoms with Crippen LogP contribution in [0.5, 0.6) is 0 Å². The van der Waals surface area contributed by atoms with E-state index in [1.165, 1.54) is 64.2 Å². The highest BCUT2D eigenvalue weighted by molar-refractivity contribution is 4.72. The van der Waals surface area contributed by atoms with Crippen LogP contribution in [0, 0.1) is 11.8 Å². The van der Waals surface area contributed by atoms with Crippen molar-refractivity contribution in [2.75, 3.05) is 0 Å². The highest BCUT2D eigenvalue weighted by Gasteiger charge is 2.20. The average Bonchev–Trinajstić information content (AvgIpc) is 2.30. The largest absolute Gasteiger partial charge is 0.0683 e. The van der Waals surface area contributed by atoms with Crippen LogP contribution in [0.25, 0.3) is 0 Å². The zero-order chi connectivity index (χ0) is 12.2. The number of hydrogen-bond acceptors (Lipinski definition) is 0. The predicted octanol–water partition coefficient (Wildman–Crippen LogP) is 6.20. The summed E-state index contributed by atoms with van der Waals surface area (Å²) in [6, 6.07) is 0. The third-order valence-corrected chi connectivity index (χ3v) is 3.89. The van der Waals surface area contributed by atoms with Crippen LogP contribution in [0.3, 0.4) is 0 Å². The van der Waals surface area contributed by atoms with Crippen molar-refractivity contribution in [2.45, 2.75) is 91.9 Å². The summed E-state index contributed by atoms with van der Waals surface area (Å²) in [4.78, 5) is 0. The minimum atomic E-state index is 1.07. The molecule has 1 aliphatic rings. The lowest BCUT2D eigenvalue weighted by atomic mass is 9.77. The van der Waals surface area contributed by atoms with Crippen molar-refractivity contribution in [2.24, 2.45) is 11.8 Å². The summed E-state index contributed by atoms with van der Waals surface area (Å²) in [5, 5.41) is 0.